The number of carbonyl (C=O) groups excluding carboxylic acids is 2. The summed E-state index contributed by atoms with van der Waals surface area (Å²) >= 11 is 0. The Morgan fingerprint density at radius 2 is 1.53 bits per heavy atom. The van der Waals surface area contributed by atoms with Gasteiger partial charge < -0.3 is 19.7 Å². The number of hydrogen-bond acceptors (Lipinski definition) is 4. The van der Waals surface area contributed by atoms with E-state index < -0.39 is 0 Å². The maximum Gasteiger partial charge on any atom is 0.224 e. The molecule has 0 aliphatic carbocycles. The molecule has 0 aliphatic rings. The number of para-hydroxylation sites is 2. The Morgan fingerprint density at radius 3 is 2.13 bits per heavy atom. The zero-order chi connectivity index (χ0) is 21.8. The van der Waals surface area contributed by atoms with Crippen LogP contribution in [0.1, 0.15) is 46.0 Å². The highest BCUT2D eigenvalue weighted by atomic mass is 16.5. The number of amides is 2. The summed E-state index contributed by atoms with van der Waals surface area (Å²) in [7, 11) is 1.60. The largest absolute Gasteiger partial charge is 0.493 e. The van der Waals surface area contributed by atoms with Gasteiger partial charge in [0, 0.05) is 31.6 Å². The summed E-state index contributed by atoms with van der Waals surface area (Å²) in [5, 5.41) is 2.86. The predicted molar refractivity (Wildman–Crippen MR) is 119 cm³/mol. The van der Waals surface area contributed by atoms with E-state index in [1.54, 1.807) is 31.4 Å². The number of nitrogens with zero attached hydrogens (tertiary/aromatic N) is 1. The first-order valence-corrected chi connectivity index (χ1v) is 10.6. The molecule has 2 amide bonds. The van der Waals surface area contributed by atoms with E-state index >= 15 is 0 Å². The van der Waals surface area contributed by atoms with E-state index in [9.17, 15) is 9.59 Å². The number of nitrogens with one attached hydrogen (secondary N) is 1. The molecule has 162 valence electrons. The van der Waals surface area contributed by atoms with Gasteiger partial charge in [-0.2, -0.15) is 0 Å². The summed E-state index contributed by atoms with van der Waals surface area (Å²) in [5.74, 6) is 1.96. The lowest BCUT2D eigenvalue weighted by Gasteiger charge is -2.21. The summed E-state index contributed by atoms with van der Waals surface area (Å²) < 4.78 is 11.1. The van der Waals surface area contributed by atoms with Crippen LogP contribution >= 0.6 is 0 Å². The minimum atomic E-state index is -0.0984. The normalized spacial score (nSPS) is 10.4. The van der Waals surface area contributed by atoms with Crippen LogP contribution in [0.5, 0.6) is 17.2 Å². The fourth-order valence-corrected chi connectivity index (χ4v) is 3.12. The van der Waals surface area contributed by atoms with Crippen LogP contribution in [0.4, 0.5) is 5.69 Å². The number of carbonyl (C=O) groups is 2. The maximum atomic E-state index is 12.3. The number of ether oxygens (including phenoxy) is 2. The van der Waals surface area contributed by atoms with E-state index in [0.717, 1.165) is 25.9 Å². The van der Waals surface area contributed by atoms with Crippen LogP contribution < -0.4 is 14.8 Å². The Bertz CT molecular complexity index is 799. The molecule has 0 heterocycles. The van der Waals surface area contributed by atoms with Crippen molar-refractivity contribution in [2.45, 2.75) is 46.0 Å². The van der Waals surface area contributed by atoms with Crippen LogP contribution in [0.3, 0.4) is 0 Å². The summed E-state index contributed by atoms with van der Waals surface area (Å²) in [6, 6.07) is 14.6. The van der Waals surface area contributed by atoms with Crippen LogP contribution in [0.25, 0.3) is 0 Å². The van der Waals surface area contributed by atoms with Crippen LogP contribution in [-0.4, -0.2) is 36.9 Å². The van der Waals surface area contributed by atoms with E-state index in [0.29, 0.717) is 42.2 Å². The second-order valence-corrected chi connectivity index (χ2v) is 7.06. The summed E-state index contributed by atoms with van der Waals surface area (Å²) in [6.45, 7) is 5.69. The lowest BCUT2D eigenvalue weighted by Crippen LogP contribution is -2.32. The van der Waals surface area contributed by atoms with Crippen molar-refractivity contribution in [3.8, 4) is 17.2 Å². The maximum absolute atomic E-state index is 12.3. The highest BCUT2D eigenvalue weighted by Gasteiger charge is 2.12. The monoisotopic (exact) mass is 412 g/mol. The number of hydrogen-bond donors (Lipinski definition) is 1. The standard InChI is InChI=1S/C24H32N2O4/c1-4-17-26(18-5-2)24(28)12-8-11-23(27)25-19-13-15-20(16-14-19)30-22-10-7-6-9-21(22)29-3/h6-7,9-10,13-16H,4-5,8,11-12,17-18H2,1-3H3,(H,25,27). The van der Waals surface area contributed by atoms with Gasteiger partial charge in [-0.25, -0.2) is 0 Å². The second-order valence-electron chi connectivity index (χ2n) is 7.06. The zero-order valence-electron chi connectivity index (χ0n) is 18.1. The summed E-state index contributed by atoms with van der Waals surface area (Å²) in [4.78, 5) is 26.3. The highest BCUT2D eigenvalue weighted by molar-refractivity contribution is 5.91. The van der Waals surface area contributed by atoms with Crippen LogP contribution in [0.2, 0.25) is 0 Å². The first kappa shape index (κ1) is 23.3. The smallest absolute Gasteiger partial charge is 0.224 e. The van der Waals surface area contributed by atoms with Crippen LogP contribution in [0.15, 0.2) is 48.5 Å². The lowest BCUT2D eigenvalue weighted by atomic mass is 10.2. The van der Waals surface area contributed by atoms with Gasteiger partial charge >= 0.3 is 0 Å². The molecule has 0 saturated heterocycles. The third-order valence-electron chi connectivity index (χ3n) is 4.57. The zero-order valence-corrected chi connectivity index (χ0v) is 18.1. The molecule has 30 heavy (non-hydrogen) atoms. The first-order valence-electron chi connectivity index (χ1n) is 10.6. The fourth-order valence-electron chi connectivity index (χ4n) is 3.12. The molecule has 0 fully saturated rings. The van der Waals surface area contributed by atoms with Crippen LogP contribution in [-0.2, 0) is 9.59 Å². The van der Waals surface area contributed by atoms with Crippen molar-refractivity contribution in [2.75, 3.05) is 25.5 Å². The number of anilines is 1. The molecule has 2 aromatic carbocycles. The van der Waals surface area contributed by atoms with Crippen molar-refractivity contribution >= 4 is 17.5 Å². The molecule has 0 atom stereocenters. The van der Waals surface area contributed by atoms with Crippen molar-refractivity contribution in [3.05, 3.63) is 48.5 Å². The van der Waals surface area contributed by atoms with Crippen molar-refractivity contribution in [2.24, 2.45) is 0 Å². The van der Waals surface area contributed by atoms with Gasteiger partial charge in [0.15, 0.2) is 11.5 Å². The molecule has 0 radical (unpaired) electrons. The number of benzene rings is 2. The molecule has 2 aromatic rings. The molecule has 0 aliphatic heterocycles. The Kier molecular flexibility index (Phi) is 9.71. The van der Waals surface area contributed by atoms with Gasteiger partial charge in [-0.05, 0) is 55.7 Å². The van der Waals surface area contributed by atoms with Crippen molar-refractivity contribution in [1.29, 1.82) is 0 Å². The molecule has 0 bridgehead atoms. The van der Waals surface area contributed by atoms with Gasteiger partial charge in [0.2, 0.25) is 11.8 Å². The quantitative estimate of drug-likeness (QED) is 0.517. The van der Waals surface area contributed by atoms with E-state index in [4.69, 9.17) is 9.47 Å². The molecular formula is C24H32N2O4. The molecule has 6 heteroatoms. The van der Waals surface area contributed by atoms with Crippen molar-refractivity contribution in [1.82, 2.24) is 4.90 Å². The van der Waals surface area contributed by atoms with Gasteiger partial charge in [0.25, 0.3) is 0 Å². The van der Waals surface area contributed by atoms with Gasteiger partial charge in [-0.3, -0.25) is 9.59 Å². The molecular weight excluding hydrogens is 380 g/mol. The average Bonchev–Trinajstić information content (AvgIpc) is 2.75. The Labute approximate surface area is 179 Å². The van der Waals surface area contributed by atoms with Gasteiger partial charge in [0.1, 0.15) is 5.75 Å². The highest BCUT2D eigenvalue weighted by Crippen LogP contribution is 2.31. The molecule has 1 N–H and O–H groups in total. The average molecular weight is 413 g/mol. The van der Waals surface area contributed by atoms with Gasteiger partial charge in [-0.1, -0.05) is 26.0 Å². The molecule has 0 saturated carbocycles. The molecule has 2 rings (SSSR count). The Balaban J connectivity index is 1.79. The van der Waals surface area contributed by atoms with Gasteiger partial charge in [0.05, 0.1) is 7.11 Å². The molecule has 0 unspecified atom stereocenters. The van der Waals surface area contributed by atoms with E-state index in [2.05, 4.69) is 19.2 Å². The third-order valence-corrected chi connectivity index (χ3v) is 4.57. The number of rotatable bonds is 12. The second kappa shape index (κ2) is 12.5. The van der Waals surface area contributed by atoms with E-state index in [1.807, 2.05) is 29.2 Å². The summed E-state index contributed by atoms with van der Waals surface area (Å²) in [6.07, 6.45) is 3.16. The molecule has 0 aromatic heterocycles. The molecule has 6 nitrogen and oxygen atoms in total. The van der Waals surface area contributed by atoms with Crippen molar-refractivity contribution in [3.63, 3.8) is 0 Å². The van der Waals surface area contributed by atoms with Crippen LogP contribution in [0, 0.1) is 0 Å². The van der Waals surface area contributed by atoms with Gasteiger partial charge in [-0.15, -0.1) is 0 Å². The third kappa shape index (κ3) is 7.43. The topological polar surface area (TPSA) is 67.9 Å². The minimum Gasteiger partial charge on any atom is -0.493 e. The predicted octanol–water partition coefficient (Wildman–Crippen LogP) is 5.24. The first-order chi connectivity index (χ1) is 14.6. The SMILES string of the molecule is CCCN(CCC)C(=O)CCCC(=O)Nc1ccc(Oc2ccccc2OC)cc1. The fraction of sp³-hybridized carbons (Fsp3) is 0.417. The van der Waals surface area contributed by atoms with Crippen molar-refractivity contribution < 1.29 is 19.1 Å². The lowest BCUT2D eigenvalue weighted by molar-refractivity contribution is -0.131. The Hall–Kier alpha value is -3.02. The molecule has 0 spiro atoms. The minimum absolute atomic E-state index is 0.0984. The van der Waals surface area contributed by atoms with E-state index in [1.165, 1.54) is 0 Å². The van der Waals surface area contributed by atoms with E-state index in [-0.39, 0.29) is 11.8 Å². The Morgan fingerprint density at radius 1 is 0.900 bits per heavy atom. The summed E-state index contributed by atoms with van der Waals surface area (Å²) in [5.41, 5.74) is 0.692. The number of methoxy groups -OCH3 is 1.